The van der Waals surface area contributed by atoms with Gasteiger partial charge in [0.15, 0.2) is 5.13 Å². The lowest BCUT2D eigenvalue weighted by atomic mass is 9.91. The molecule has 0 aliphatic carbocycles. The predicted molar refractivity (Wildman–Crippen MR) is 84.2 cm³/mol. The topological polar surface area (TPSA) is 53.4 Å². The van der Waals surface area contributed by atoms with Gasteiger partial charge in [-0.05, 0) is 42.9 Å². The zero-order chi connectivity index (χ0) is 14.7. The van der Waals surface area contributed by atoms with Crippen LogP contribution in [0.15, 0.2) is 35.8 Å². The Labute approximate surface area is 128 Å². The lowest BCUT2D eigenvalue weighted by Crippen LogP contribution is -2.36. The van der Waals surface area contributed by atoms with Crippen molar-refractivity contribution in [3.05, 3.63) is 47.0 Å². The summed E-state index contributed by atoms with van der Waals surface area (Å²) in [6.07, 6.45) is 5.27. The lowest BCUT2D eigenvalue weighted by molar-refractivity contribution is 0.0697. The summed E-state index contributed by atoms with van der Waals surface area (Å²) in [7, 11) is 0. The van der Waals surface area contributed by atoms with Crippen LogP contribution in [0, 0.1) is 5.92 Å². The molecule has 2 aromatic rings. The molecule has 0 bridgehead atoms. The van der Waals surface area contributed by atoms with Crippen molar-refractivity contribution in [2.24, 2.45) is 5.92 Å². The van der Waals surface area contributed by atoms with Gasteiger partial charge in [-0.2, -0.15) is 0 Å². The number of carboxylic acid groups (broad SMARTS) is 1. The molecule has 0 spiro atoms. The van der Waals surface area contributed by atoms with E-state index in [2.05, 4.69) is 9.88 Å². The number of thiazole rings is 1. The second kappa shape index (κ2) is 6.26. The number of hydrogen-bond acceptors (Lipinski definition) is 4. The quantitative estimate of drug-likeness (QED) is 0.941. The number of carboxylic acids is 1. The summed E-state index contributed by atoms with van der Waals surface area (Å²) in [5, 5.41) is 12.1. The van der Waals surface area contributed by atoms with Gasteiger partial charge in [0, 0.05) is 24.7 Å². The van der Waals surface area contributed by atoms with Gasteiger partial charge in [0.2, 0.25) is 0 Å². The van der Waals surface area contributed by atoms with Crippen molar-refractivity contribution in [2.75, 3.05) is 18.0 Å². The number of rotatable bonds is 4. The molecular weight excluding hydrogens is 284 g/mol. The minimum absolute atomic E-state index is 0.354. The van der Waals surface area contributed by atoms with Crippen LogP contribution in [0.25, 0.3) is 0 Å². The molecule has 1 aromatic heterocycles. The minimum atomic E-state index is -0.867. The maximum Gasteiger partial charge on any atom is 0.335 e. The zero-order valence-electron chi connectivity index (χ0n) is 11.7. The number of anilines is 1. The minimum Gasteiger partial charge on any atom is -0.478 e. The third kappa shape index (κ3) is 3.42. The molecule has 0 amide bonds. The number of carbonyl (C=O) groups is 1. The summed E-state index contributed by atoms with van der Waals surface area (Å²) in [4.78, 5) is 17.6. The number of hydrogen-bond donors (Lipinski definition) is 1. The number of aromatic nitrogens is 1. The Bertz CT molecular complexity index is 595. The van der Waals surface area contributed by atoms with Gasteiger partial charge in [0.1, 0.15) is 0 Å². The first-order valence-corrected chi connectivity index (χ1v) is 8.07. The molecule has 0 radical (unpaired) electrons. The van der Waals surface area contributed by atoms with E-state index in [0.29, 0.717) is 11.5 Å². The van der Waals surface area contributed by atoms with Crippen molar-refractivity contribution >= 4 is 22.4 Å². The lowest BCUT2D eigenvalue weighted by Gasteiger charge is -2.32. The van der Waals surface area contributed by atoms with Crippen LogP contribution in [0.2, 0.25) is 0 Å². The van der Waals surface area contributed by atoms with Gasteiger partial charge < -0.3 is 10.0 Å². The van der Waals surface area contributed by atoms with Gasteiger partial charge in [0.05, 0.1) is 5.56 Å². The third-order valence-electron chi connectivity index (χ3n) is 3.93. The Hall–Kier alpha value is -1.88. The molecule has 3 rings (SSSR count). The van der Waals surface area contributed by atoms with Crippen molar-refractivity contribution in [3.8, 4) is 0 Å². The Morgan fingerprint density at radius 3 is 2.86 bits per heavy atom. The third-order valence-corrected chi connectivity index (χ3v) is 4.77. The van der Waals surface area contributed by atoms with E-state index in [0.717, 1.165) is 24.6 Å². The molecule has 5 heteroatoms. The van der Waals surface area contributed by atoms with Crippen LogP contribution in [-0.2, 0) is 6.42 Å². The van der Waals surface area contributed by atoms with Crippen LogP contribution in [0.3, 0.4) is 0 Å². The number of piperidine rings is 1. The summed E-state index contributed by atoms with van der Waals surface area (Å²) in [5.74, 6) is -0.257. The molecular formula is C16H18N2O2S. The first kappa shape index (κ1) is 14.1. The molecule has 2 heterocycles. The SMILES string of the molecule is O=C(O)c1ccc(C[C@@H]2CCCN(c3nccs3)C2)cc1. The first-order chi connectivity index (χ1) is 10.2. The number of benzene rings is 1. The highest BCUT2D eigenvalue weighted by Gasteiger charge is 2.21. The van der Waals surface area contributed by atoms with Crippen molar-refractivity contribution in [1.29, 1.82) is 0 Å². The number of aromatic carboxylic acids is 1. The molecule has 110 valence electrons. The smallest absolute Gasteiger partial charge is 0.335 e. The second-order valence-corrected chi connectivity index (χ2v) is 6.35. The van der Waals surface area contributed by atoms with Crippen molar-refractivity contribution < 1.29 is 9.90 Å². The van der Waals surface area contributed by atoms with Crippen molar-refractivity contribution in [1.82, 2.24) is 4.98 Å². The average molecular weight is 302 g/mol. The Balaban J connectivity index is 1.63. The van der Waals surface area contributed by atoms with Crippen LogP contribution in [0.4, 0.5) is 5.13 Å². The van der Waals surface area contributed by atoms with Gasteiger partial charge in [-0.3, -0.25) is 0 Å². The molecule has 1 aliphatic rings. The summed E-state index contributed by atoms with van der Waals surface area (Å²) >= 11 is 1.69. The van der Waals surface area contributed by atoms with Crippen LogP contribution in [0.5, 0.6) is 0 Å². The Morgan fingerprint density at radius 1 is 1.38 bits per heavy atom. The predicted octanol–water partition coefficient (Wildman–Crippen LogP) is 3.30. The van der Waals surface area contributed by atoms with Crippen LogP contribution >= 0.6 is 11.3 Å². The fraction of sp³-hybridized carbons (Fsp3) is 0.375. The van der Waals surface area contributed by atoms with Gasteiger partial charge in [-0.1, -0.05) is 12.1 Å². The van der Waals surface area contributed by atoms with E-state index in [1.165, 1.54) is 18.4 Å². The normalized spacial score (nSPS) is 18.7. The Kier molecular flexibility index (Phi) is 4.20. The molecule has 21 heavy (non-hydrogen) atoms. The summed E-state index contributed by atoms with van der Waals surface area (Å²) in [5.41, 5.74) is 1.57. The molecule has 0 unspecified atom stereocenters. The molecule has 1 saturated heterocycles. The number of nitrogens with zero attached hydrogens (tertiary/aromatic N) is 2. The summed E-state index contributed by atoms with van der Waals surface area (Å²) < 4.78 is 0. The monoisotopic (exact) mass is 302 g/mol. The van der Waals surface area contributed by atoms with Crippen LogP contribution < -0.4 is 4.90 Å². The molecule has 1 aromatic carbocycles. The highest BCUT2D eigenvalue weighted by molar-refractivity contribution is 7.13. The average Bonchev–Trinajstić information content (AvgIpc) is 3.02. The van der Waals surface area contributed by atoms with E-state index >= 15 is 0 Å². The van der Waals surface area contributed by atoms with Crippen molar-refractivity contribution in [3.63, 3.8) is 0 Å². The van der Waals surface area contributed by atoms with Gasteiger partial charge >= 0.3 is 5.97 Å². The van der Waals surface area contributed by atoms with Gasteiger partial charge in [-0.15, -0.1) is 11.3 Å². The van der Waals surface area contributed by atoms with Crippen LogP contribution in [-0.4, -0.2) is 29.1 Å². The van der Waals surface area contributed by atoms with E-state index in [4.69, 9.17) is 5.11 Å². The van der Waals surface area contributed by atoms with Crippen LogP contribution in [0.1, 0.15) is 28.8 Å². The van der Waals surface area contributed by atoms with Gasteiger partial charge in [0.25, 0.3) is 0 Å². The summed E-state index contributed by atoms with van der Waals surface area (Å²) in [6.45, 7) is 2.12. The molecule has 1 atom stereocenters. The van der Waals surface area contributed by atoms with E-state index in [9.17, 15) is 4.79 Å². The maximum atomic E-state index is 10.9. The Morgan fingerprint density at radius 2 is 2.19 bits per heavy atom. The standard InChI is InChI=1S/C16H18N2O2S/c19-15(20)14-5-3-12(4-6-14)10-13-2-1-8-18(11-13)16-17-7-9-21-16/h3-7,9,13H,1-2,8,10-11H2,(H,19,20)/t13-/m0/s1. The zero-order valence-corrected chi connectivity index (χ0v) is 12.6. The van der Waals surface area contributed by atoms with E-state index < -0.39 is 5.97 Å². The highest BCUT2D eigenvalue weighted by atomic mass is 32.1. The van der Waals surface area contributed by atoms with E-state index in [-0.39, 0.29) is 0 Å². The maximum absolute atomic E-state index is 10.9. The molecule has 0 saturated carbocycles. The fourth-order valence-corrected chi connectivity index (χ4v) is 3.57. The summed E-state index contributed by atoms with van der Waals surface area (Å²) in [6, 6.07) is 7.26. The molecule has 1 fully saturated rings. The largest absolute Gasteiger partial charge is 0.478 e. The van der Waals surface area contributed by atoms with Gasteiger partial charge in [-0.25, -0.2) is 9.78 Å². The highest BCUT2D eigenvalue weighted by Crippen LogP contribution is 2.26. The van der Waals surface area contributed by atoms with E-state index in [1.807, 2.05) is 23.7 Å². The molecule has 1 N–H and O–H groups in total. The van der Waals surface area contributed by atoms with Crippen molar-refractivity contribution in [2.45, 2.75) is 19.3 Å². The first-order valence-electron chi connectivity index (χ1n) is 7.19. The second-order valence-electron chi connectivity index (χ2n) is 5.48. The fourth-order valence-electron chi connectivity index (χ4n) is 2.89. The molecule has 4 nitrogen and oxygen atoms in total. The molecule has 1 aliphatic heterocycles. The van der Waals surface area contributed by atoms with E-state index in [1.54, 1.807) is 23.5 Å².